The van der Waals surface area contributed by atoms with E-state index < -0.39 is 11.9 Å². The Balaban J connectivity index is 0.00000320. The smallest absolute Gasteiger partial charge is 0.414 e. The van der Waals surface area contributed by atoms with Crippen molar-refractivity contribution >= 4 is 40.6 Å². The zero-order valence-corrected chi connectivity index (χ0v) is 17.3. The maximum absolute atomic E-state index is 14.8. The molecule has 0 saturated carbocycles. The van der Waals surface area contributed by atoms with Crippen molar-refractivity contribution in [1.29, 1.82) is 0 Å². The Labute approximate surface area is 181 Å². The fraction of sp³-hybridized carbons (Fsp3) is 0.550. The molecule has 0 spiro atoms. The van der Waals surface area contributed by atoms with Gasteiger partial charge < -0.3 is 24.6 Å². The van der Waals surface area contributed by atoms with Gasteiger partial charge in [-0.3, -0.25) is 9.69 Å². The van der Waals surface area contributed by atoms with Crippen LogP contribution in [0.2, 0.25) is 0 Å². The van der Waals surface area contributed by atoms with Gasteiger partial charge in [0.2, 0.25) is 5.91 Å². The first kappa shape index (κ1) is 23.8. The van der Waals surface area contributed by atoms with Crippen LogP contribution < -0.4 is 15.1 Å². The fourth-order valence-electron chi connectivity index (χ4n) is 3.43. The number of hydrogen-bond acceptors (Lipinski definition) is 6. The molecule has 0 radical (unpaired) electrons. The maximum atomic E-state index is 14.8. The Morgan fingerprint density at radius 3 is 2.63 bits per heavy atom. The number of thiocarbonyl (C=S) groups is 1. The molecular formula is C20H29FN4O4S. The second kappa shape index (κ2) is 10.5. The number of ether oxygens (including phenoxy) is 2. The highest BCUT2D eigenvalue weighted by Gasteiger charge is 2.33. The molecule has 1 atom stereocenters. The van der Waals surface area contributed by atoms with Gasteiger partial charge in [0.25, 0.3) is 0 Å². The first-order valence-corrected chi connectivity index (χ1v) is 9.83. The van der Waals surface area contributed by atoms with Crippen LogP contribution in [0, 0.1) is 5.82 Å². The minimum atomic E-state index is -0.503. The molecule has 1 aromatic carbocycles. The van der Waals surface area contributed by atoms with E-state index in [1.807, 2.05) is 4.90 Å². The van der Waals surface area contributed by atoms with E-state index in [0.717, 1.165) is 0 Å². The molecule has 2 aliphatic heterocycles. The van der Waals surface area contributed by atoms with Crippen LogP contribution >= 0.6 is 12.2 Å². The quantitative estimate of drug-likeness (QED) is 0.679. The van der Waals surface area contributed by atoms with Crippen molar-refractivity contribution in [1.82, 2.24) is 10.2 Å². The van der Waals surface area contributed by atoms with E-state index in [9.17, 15) is 14.0 Å². The van der Waals surface area contributed by atoms with Crippen LogP contribution in [0.4, 0.5) is 20.6 Å². The number of nitrogens with one attached hydrogen (secondary N) is 1. The number of halogens is 1. The summed E-state index contributed by atoms with van der Waals surface area (Å²) in [7, 11) is 1.48. The summed E-state index contributed by atoms with van der Waals surface area (Å²) in [5.74, 6) is -0.480. The lowest BCUT2D eigenvalue weighted by Gasteiger charge is -2.36. The van der Waals surface area contributed by atoms with E-state index in [-0.39, 0.29) is 26.0 Å². The monoisotopic (exact) mass is 440 g/mol. The van der Waals surface area contributed by atoms with Crippen LogP contribution in [-0.4, -0.2) is 81.0 Å². The molecule has 0 aliphatic carbocycles. The highest BCUT2D eigenvalue weighted by Crippen LogP contribution is 2.28. The number of amides is 2. The van der Waals surface area contributed by atoms with Crippen molar-refractivity contribution in [2.45, 2.75) is 20.5 Å². The SMILES string of the molecule is C.COCC(=O)N1CCN(c2ccc(N3C[C@H](CNC(C)=S)OC3=O)cc2F)CC1. The summed E-state index contributed by atoms with van der Waals surface area (Å²) >= 11 is 4.96. The Morgan fingerprint density at radius 2 is 2.03 bits per heavy atom. The van der Waals surface area contributed by atoms with Gasteiger partial charge in [-0.2, -0.15) is 0 Å². The van der Waals surface area contributed by atoms with Crippen LogP contribution in [0.15, 0.2) is 18.2 Å². The van der Waals surface area contributed by atoms with Crippen LogP contribution in [-0.2, 0) is 14.3 Å². The topological polar surface area (TPSA) is 74.3 Å². The minimum absolute atomic E-state index is 0. The van der Waals surface area contributed by atoms with Gasteiger partial charge in [-0.15, -0.1) is 0 Å². The Bertz CT molecular complexity index is 786. The van der Waals surface area contributed by atoms with Gasteiger partial charge in [-0.05, 0) is 25.1 Å². The number of carbonyl (C=O) groups excluding carboxylic acids is 2. The van der Waals surface area contributed by atoms with Gasteiger partial charge in [0, 0.05) is 33.3 Å². The summed E-state index contributed by atoms with van der Waals surface area (Å²) in [5, 5.41) is 2.97. The highest BCUT2D eigenvalue weighted by molar-refractivity contribution is 7.80. The van der Waals surface area contributed by atoms with Gasteiger partial charge in [0.15, 0.2) is 0 Å². The lowest BCUT2D eigenvalue weighted by atomic mass is 10.2. The minimum Gasteiger partial charge on any atom is -0.442 e. The summed E-state index contributed by atoms with van der Waals surface area (Å²) in [6.07, 6.45) is -0.850. The predicted molar refractivity (Wildman–Crippen MR) is 118 cm³/mol. The van der Waals surface area contributed by atoms with Crippen LogP contribution in [0.25, 0.3) is 0 Å². The molecule has 3 rings (SSSR count). The van der Waals surface area contributed by atoms with Crippen molar-refractivity contribution < 1.29 is 23.5 Å². The third-order valence-electron chi connectivity index (χ3n) is 4.94. The number of benzene rings is 1. The molecule has 0 unspecified atom stereocenters. The molecular weight excluding hydrogens is 411 g/mol. The molecule has 30 heavy (non-hydrogen) atoms. The van der Waals surface area contributed by atoms with E-state index in [4.69, 9.17) is 21.7 Å². The number of piperazine rings is 1. The highest BCUT2D eigenvalue weighted by atomic mass is 32.1. The van der Waals surface area contributed by atoms with E-state index in [2.05, 4.69) is 5.32 Å². The normalized spacial score (nSPS) is 18.7. The summed E-state index contributed by atoms with van der Waals surface area (Å²) < 4.78 is 25.0. The number of hydrogen-bond donors (Lipinski definition) is 1. The number of carbonyl (C=O) groups is 2. The van der Waals surface area contributed by atoms with Crippen LogP contribution in [0.5, 0.6) is 0 Å². The molecule has 2 fully saturated rings. The van der Waals surface area contributed by atoms with Crippen molar-refractivity contribution in [2.24, 2.45) is 0 Å². The van der Waals surface area contributed by atoms with Gasteiger partial charge in [0.1, 0.15) is 18.5 Å². The summed E-state index contributed by atoms with van der Waals surface area (Å²) in [6, 6.07) is 4.72. The molecule has 2 saturated heterocycles. The number of cyclic esters (lactones) is 1. The fourth-order valence-corrected chi connectivity index (χ4v) is 3.51. The van der Waals surface area contributed by atoms with Gasteiger partial charge in [0.05, 0.1) is 29.5 Å². The van der Waals surface area contributed by atoms with Crippen molar-refractivity contribution in [3.8, 4) is 0 Å². The molecule has 8 nitrogen and oxygen atoms in total. The van der Waals surface area contributed by atoms with Crippen LogP contribution in [0.3, 0.4) is 0 Å². The molecule has 0 aromatic heterocycles. The summed E-state index contributed by atoms with van der Waals surface area (Å²) in [6.45, 7) is 4.63. The molecule has 2 amide bonds. The summed E-state index contributed by atoms with van der Waals surface area (Å²) in [5.41, 5.74) is 0.904. The second-order valence-corrected chi connectivity index (χ2v) is 7.60. The van der Waals surface area contributed by atoms with Crippen LogP contribution in [0.1, 0.15) is 14.4 Å². The molecule has 2 aliphatic rings. The largest absolute Gasteiger partial charge is 0.442 e. The number of rotatable bonds is 6. The molecule has 1 N–H and O–H groups in total. The Hall–Kier alpha value is -2.46. The van der Waals surface area contributed by atoms with Crippen molar-refractivity contribution in [2.75, 3.05) is 62.8 Å². The van der Waals surface area contributed by atoms with Crippen molar-refractivity contribution in [3.05, 3.63) is 24.0 Å². The van der Waals surface area contributed by atoms with E-state index in [1.54, 1.807) is 24.0 Å². The maximum Gasteiger partial charge on any atom is 0.414 e. The summed E-state index contributed by atoms with van der Waals surface area (Å²) in [4.78, 5) is 29.7. The number of nitrogens with zero attached hydrogens (tertiary/aromatic N) is 3. The number of anilines is 2. The molecule has 0 bridgehead atoms. The first-order chi connectivity index (χ1) is 13.9. The number of methoxy groups -OCH3 is 1. The third kappa shape index (κ3) is 5.57. The molecule has 2 heterocycles. The Kier molecular flexibility index (Phi) is 8.36. The third-order valence-corrected chi connectivity index (χ3v) is 5.08. The van der Waals surface area contributed by atoms with E-state index in [1.165, 1.54) is 18.1 Å². The lowest BCUT2D eigenvalue weighted by molar-refractivity contribution is -0.135. The lowest BCUT2D eigenvalue weighted by Crippen LogP contribution is -2.50. The van der Waals surface area contributed by atoms with Gasteiger partial charge >= 0.3 is 6.09 Å². The average molecular weight is 441 g/mol. The molecule has 10 heteroatoms. The average Bonchev–Trinajstić information content (AvgIpc) is 3.07. The zero-order valence-electron chi connectivity index (χ0n) is 16.5. The molecule has 166 valence electrons. The van der Waals surface area contributed by atoms with E-state index >= 15 is 0 Å². The zero-order chi connectivity index (χ0) is 21.0. The first-order valence-electron chi connectivity index (χ1n) is 9.43. The second-order valence-electron chi connectivity index (χ2n) is 6.99. The van der Waals surface area contributed by atoms with Gasteiger partial charge in [-0.25, -0.2) is 9.18 Å². The van der Waals surface area contributed by atoms with Crippen molar-refractivity contribution in [3.63, 3.8) is 0 Å². The Morgan fingerprint density at radius 1 is 1.33 bits per heavy atom. The standard InChI is InChI=1S/C19H25FN4O4S.CH4/c1-13(29)21-10-15-11-24(19(26)28-15)14-3-4-17(16(20)9-14)22-5-7-23(8-6-22)18(25)12-27-2;/h3-4,9,15H,5-8,10-12H2,1-2H3,(H,21,29);1H4/t15-;/m0./s1. The molecule has 1 aromatic rings. The van der Waals surface area contributed by atoms with E-state index in [0.29, 0.717) is 55.6 Å². The predicted octanol–water partition coefficient (Wildman–Crippen LogP) is 2.02. The van der Waals surface area contributed by atoms with Gasteiger partial charge in [-0.1, -0.05) is 19.6 Å².